The van der Waals surface area contributed by atoms with Crippen molar-refractivity contribution in [3.05, 3.63) is 12.2 Å². The van der Waals surface area contributed by atoms with Crippen molar-refractivity contribution in [3.8, 4) is 0 Å². The maximum Gasteiger partial charge on any atom is 0.330 e. The fourth-order valence-electron chi connectivity index (χ4n) is 2.06. The molecule has 0 aromatic rings. The van der Waals surface area contributed by atoms with Crippen LogP contribution in [0.5, 0.6) is 0 Å². The van der Waals surface area contributed by atoms with Gasteiger partial charge in [-0.25, -0.2) is 4.79 Å². The van der Waals surface area contributed by atoms with Gasteiger partial charge in [0.25, 0.3) is 0 Å². The van der Waals surface area contributed by atoms with E-state index < -0.39 is 0 Å². The number of rotatable bonds is 8. The molecule has 0 radical (unpaired) electrons. The third-order valence-electron chi connectivity index (χ3n) is 4.13. The van der Waals surface area contributed by atoms with E-state index in [1.54, 1.807) is 17.9 Å². The highest BCUT2D eigenvalue weighted by Crippen LogP contribution is 2.20. The fraction of sp³-hybridized carbons (Fsp3) is 0.765. The summed E-state index contributed by atoms with van der Waals surface area (Å²) in [6.07, 6.45) is 4.16. The molecule has 4 heteroatoms. The number of ether oxygens (including phenoxy) is 1. The van der Waals surface area contributed by atoms with E-state index in [1.807, 2.05) is 27.8 Å². The van der Waals surface area contributed by atoms with Crippen LogP contribution in [0.4, 0.5) is 0 Å². The Labute approximate surface area is 129 Å². The highest BCUT2D eigenvalue weighted by atomic mass is 16.5. The molecule has 0 bridgehead atoms. The molecule has 0 saturated heterocycles. The lowest BCUT2D eigenvalue weighted by Crippen LogP contribution is -2.43. The Hall–Kier alpha value is -1.32. The standard InChI is InChI=1S/C17H31NO3/c1-8-13(5)15(10-11-16(19)21-9-2)18(7)17(20)14(6)12(3)4/h10-15H,8-9H2,1-7H3/b11-10+/t13-,14-,15?/m0/s1. The van der Waals surface area contributed by atoms with Gasteiger partial charge in [-0.3, -0.25) is 4.79 Å². The van der Waals surface area contributed by atoms with E-state index in [0.717, 1.165) is 6.42 Å². The monoisotopic (exact) mass is 297 g/mol. The van der Waals surface area contributed by atoms with E-state index in [2.05, 4.69) is 13.8 Å². The van der Waals surface area contributed by atoms with Crippen molar-refractivity contribution in [1.29, 1.82) is 0 Å². The van der Waals surface area contributed by atoms with Gasteiger partial charge < -0.3 is 9.64 Å². The summed E-state index contributed by atoms with van der Waals surface area (Å²) in [4.78, 5) is 25.7. The van der Waals surface area contributed by atoms with Gasteiger partial charge in [0.1, 0.15) is 0 Å². The Morgan fingerprint density at radius 3 is 2.14 bits per heavy atom. The zero-order valence-corrected chi connectivity index (χ0v) is 14.6. The molecule has 0 saturated carbocycles. The number of hydrogen-bond donors (Lipinski definition) is 0. The van der Waals surface area contributed by atoms with Crippen molar-refractivity contribution < 1.29 is 14.3 Å². The molecule has 0 aromatic heterocycles. The van der Waals surface area contributed by atoms with E-state index in [0.29, 0.717) is 12.5 Å². The van der Waals surface area contributed by atoms with Gasteiger partial charge in [0, 0.05) is 19.0 Å². The van der Waals surface area contributed by atoms with Gasteiger partial charge in [-0.05, 0) is 18.8 Å². The van der Waals surface area contributed by atoms with Crippen LogP contribution in [0.3, 0.4) is 0 Å². The highest BCUT2D eigenvalue weighted by molar-refractivity contribution is 5.82. The SMILES string of the molecule is CCOC(=O)/C=C/C([C@@H](C)CC)N(C)C(=O)[C@@H](C)C(C)C. The molecule has 1 unspecified atom stereocenters. The van der Waals surface area contributed by atoms with E-state index >= 15 is 0 Å². The van der Waals surface area contributed by atoms with Gasteiger partial charge >= 0.3 is 5.97 Å². The molecule has 3 atom stereocenters. The molecule has 0 N–H and O–H groups in total. The predicted molar refractivity (Wildman–Crippen MR) is 85.8 cm³/mol. The maximum atomic E-state index is 12.5. The van der Waals surface area contributed by atoms with Gasteiger partial charge in [-0.2, -0.15) is 0 Å². The molecule has 0 aliphatic heterocycles. The number of carbonyl (C=O) groups is 2. The summed E-state index contributed by atoms with van der Waals surface area (Å²) in [6.45, 7) is 12.3. The largest absolute Gasteiger partial charge is 0.463 e. The molecule has 0 spiro atoms. The first-order chi connectivity index (χ1) is 9.76. The summed E-state index contributed by atoms with van der Waals surface area (Å²) in [7, 11) is 1.81. The van der Waals surface area contributed by atoms with Crippen molar-refractivity contribution in [2.24, 2.45) is 17.8 Å². The van der Waals surface area contributed by atoms with Crippen LogP contribution < -0.4 is 0 Å². The molecule has 122 valence electrons. The first-order valence-corrected chi connectivity index (χ1v) is 7.87. The number of likely N-dealkylation sites (N-methyl/N-ethyl adjacent to an activating group) is 1. The minimum Gasteiger partial charge on any atom is -0.463 e. The van der Waals surface area contributed by atoms with Crippen molar-refractivity contribution in [2.75, 3.05) is 13.7 Å². The van der Waals surface area contributed by atoms with Crippen molar-refractivity contribution in [1.82, 2.24) is 4.90 Å². The van der Waals surface area contributed by atoms with Gasteiger partial charge in [0.2, 0.25) is 5.91 Å². The number of carbonyl (C=O) groups excluding carboxylic acids is 2. The van der Waals surface area contributed by atoms with Gasteiger partial charge in [0.05, 0.1) is 12.6 Å². The van der Waals surface area contributed by atoms with Crippen LogP contribution in [0.25, 0.3) is 0 Å². The lowest BCUT2D eigenvalue weighted by Gasteiger charge is -2.33. The van der Waals surface area contributed by atoms with Crippen LogP contribution in [-0.2, 0) is 14.3 Å². The third-order valence-corrected chi connectivity index (χ3v) is 4.13. The Bertz CT molecular complexity index is 363. The normalized spacial score (nSPS) is 15.8. The lowest BCUT2D eigenvalue weighted by molar-refractivity contribution is -0.138. The number of nitrogens with zero attached hydrogens (tertiary/aromatic N) is 1. The van der Waals surface area contributed by atoms with Crippen LogP contribution in [0.1, 0.15) is 48.0 Å². The fourth-order valence-corrected chi connectivity index (χ4v) is 2.06. The maximum absolute atomic E-state index is 12.5. The first kappa shape index (κ1) is 19.7. The molecular weight excluding hydrogens is 266 g/mol. The average molecular weight is 297 g/mol. The number of hydrogen-bond acceptors (Lipinski definition) is 3. The molecular formula is C17H31NO3. The average Bonchev–Trinajstić information content (AvgIpc) is 2.45. The Kier molecular flexibility index (Phi) is 8.98. The zero-order valence-electron chi connectivity index (χ0n) is 14.6. The second-order valence-corrected chi connectivity index (χ2v) is 5.97. The Morgan fingerprint density at radius 2 is 1.71 bits per heavy atom. The third kappa shape index (κ3) is 6.32. The van der Waals surface area contributed by atoms with Gasteiger partial charge in [-0.15, -0.1) is 0 Å². The Balaban J connectivity index is 5.06. The zero-order chi connectivity index (χ0) is 16.6. The van der Waals surface area contributed by atoms with Crippen LogP contribution in [-0.4, -0.2) is 36.5 Å². The molecule has 0 heterocycles. The van der Waals surface area contributed by atoms with Crippen molar-refractivity contribution >= 4 is 11.9 Å². The second kappa shape index (κ2) is 9.59. The summed E-state index contributed by atoms with van der Waals surface area (Å²) >= 11 is 0. The van der Waals surface area contributed by atoms with Crippen LogP contribution in [0.15, 0.2) is 12.2 Å². The molecule has 21 heavy (non-hydrogen) atoms. The van der Waals surface area contributed by atoms with Gasteiger partial charge in [-0.1, -0.05) is 47.1 Å². The molecule has 0 aliphatic carbocycles. The second-order valence-electron chi connectivity index (χ2n) is 5.97. The van der Waals surface area contributed by atoms with Gasteiger partial charge in [0.15, 0.2) is 0 Å². The topological polar surface area (TPSA) is 46.6 Å². The van der Waals surface area contributed by atoms with Crippen LogP contribution >= 0.6 is 0 Å². The molecule has 0 fully saturated rings. The molecule has 4 nitrogen and oxygen atoms in total. The van der Waals surface area contributed by atoms with Crippen molar-refractivity contribution in [3.63, 3.8) is 0 Å². The van der Waals surface area contributed by atoms with E-state index in [4.69, 9.17) is 4.74 Å². The minimum atomic E-state index is -0.358. The summed E-state index contributed by atoms with van der Waals surface area (Å²) in [5.41, 5.74) is 0. The predicted octanol–water partition coefficient (Wildman–Crippen LogP) is 3.27. The molecule has 0 rings (SSSR count). The van der Waals surface area contributed by atoms with E-state index in [-0.39, 0.29) is 29.8 Å². The summed E-state index contributed by atoms with van der Waals surface area (Å²) in [5, 5.41) is 0. The quantitative estimate of drug-likeness (QED) is 0.510. The minimum absolute atomic E-state index is 0.0300. The summed E-state index contributed by atoms with van der Waals surface area (Å²) < 4.78 is 4.90. The van der Waals surface area contributed by atoms with E-state index in [9.17, 15) is 9.59 Å². The van der Waals surface area contributed by atoms with Crippen molar-refractivity contribution in [2.45, 2.75) is 54.0 Å². The first-order valence-electron chi connectivity index (χ1n) is 7.87. The summed E-state index contributed by atoms with van der Waals surface area (Å²) in [5.74, 6) is 0.306. The smallest absolute Gasteiger partial charge is 0.330 e. The highest BCUT2D eigenvalue weighted by Gasteiger charge is 2.27. The molecule has 0 aromatic carbocycles. The van der Waals surface area contributed by atoms with Crippen LogP contribution in [0, 0.1) is 17.8 Å². The Morgan fingerprint density at radius 1 is 1.14 bits per heavy atom. The molecule has 0 aliphatic rings. The number of amides is 1. The molecule has 1 amide bonds. The summed E-state index contributed by atoms with van der Waals surface area (Å²) in [6, 6.07) is -0.0897. The lowest BCUT2D eigenvalue weighted by atomic mass is 9.93. The number of esters is 1. The van der Waals surface area contributed by atoms with E-state index in [1.165, 1.54) is 6.08 Å². The van der Waals surface area contributed by atoms with Crippen LogP contribution in [0.2, 0.25) is 0 Å².